The molecule has 0 bridgehead atoms. The Morgan fingerprint density at radius 3 is 2.88 bits per heavy atom. The number of carbonyl (C=O) groups is 1. The highest BCUT2D eigenvalue weighted by Gasteiger charge is 2.15. The zero-order valence-electron chi connectivity index (χ0n) is 13.3. The Labute approximate surface area is 143 Å². The molecular weight excluding hydrogens is 326 g/mol. The van der Waals surface area contributed by atoms with Gasteiger partial charge in [0.15, 0.2) is 5.76 Å². The average Bonchev–Trinajstić information content (AvgIpc) is 3.19. The van der Waals surface area contributed by atoms with Crippen LogP contribution in [0.1, 0.15) is 11.1 Å². The highest BCUT2D eigenvalue weighted by Crippen LogP contribution is 2.22. The summed E-state index contributed by atoms with van der Waals surface area (Å²) in [6, 6.07) is 9.29. The van der Waals surface area contributed by atoms with Crippen molar-refractivity contribution >= 4 is 23.4 Å². The molecule has 24 heavy (non-hydrogen) atoms. The summed E-state index contributed by atoms with van der Waals surface area (Å²) in [5.41, 5.74) is 2.99. The summed E-state index contributed by atoms with van der Waals surface area (Å²) in [4.78, 5) is 12.1. The Kier molecular flexibility index (Phi) is 4.57. The van der Waals surface area contributed by atoms with Crippen molar-refractivity contribution in [1.29, 1.82) is 0 Å². The minimum atomic E-state index is -0.128. The minimum Gasteiger partial charge on any atom is -0.461 e. The van der Waals surface area contributed by atoms with E-state index in [9.17, 15) is 4.79 Å². The van der Waals surface area contributed by atoms with Crippen LogP contribution in [0.4, 0.5) is 5.69 Å². The molecule has 0 aliphatic rings. The van der Waals surface area contributed by atoms with Crippen molar-refractivity contribution in [1.82, 2.24) is 14.9 Å². The number of amides is 1. The number of aryl methyl sites for hydroxylation is 1. The summed E-state index contributed by atoms with van der Waals surface area (Å²) < 4.78 is 6.56. The lowest BCUT2D eigenvalue weighted by atomic mass is 10.1. The molecule has 1 aromatic carbocycles. The molecule has 0 saturated carbocycles. The van der Waals surface area contributed by atoms with E-state index in [0.717, 1.165) is 16.8 Å². The van der Waals surface area contributed by atoms with Crippen LogP contribution < -0.4 is 11.2 Å². The number of rotatable bonds is 5. The summed E-state index contributed by atoms with van der Waals surface area (Å²) in [6.45, 7) is 3.98. The first-order valence-electron chi connectivity index (χ1n) is 7.29. The fourth-order valence-corrected chi connectivity index (χ4v) is 2.81. The van der Waals surface area contributed by atoms with Crippen LogP contribution in [0.15, 0.2) is 46.2 Å². The van der Waals surface area contributed by atoms with Crippen molar-refractivity contribution in [2.75, 3.05) is 16.9 Å². The van der Waals surface area contributed by atoms with Crippen molar-refractivity contribution in [2.24, 2.45) is 0 Å². The van der Waals surface area contributed by atoms with E-state index >= 15 is 0 Å². The average molecular weight is 343 g/mol. The number of nitrogen functional groups attached to an aromatic ring is 1. The molecule has 0 aliphatic carbocycles. The third kappa shape index (κ3) is 3.28. The fourth-order valence-electron chi connectivity index (χ4n) is 2.15. The van der Waals surface area contributed by atoms with Gasteiger partial charge in [-0.1, -0.05) is 23.9 Å². The number of nitrogens with zero attached hydrogens (tertiary/aromatic N) is 3. The highest BCUT2D eigenvalue weighted by atomic mass is 32.2. The lowest BCUT2D eigenvalue weighted by Gasteiger charge is -2.10. The van der Waals surface area contributed by atoms with Crippen LogP contribution in [-0.2, 0) is 4.79 Å². The molecule has 7 nitrogen and oxygen atoms in total. The zero-order chi connectivity index (χ0) is 17.1. The molecule has 0 atom stereocenters. The molecule has 0 fully saturated rings. The normalized spacial score (nSPS) is 10.8. The predicted molar refractivity (Wildman–Crippen MR) is 93.1 cm³/mol. The summed E-state index contributed by atoms with van der Waals surface area (Å²) in [6.07, 6.45) is 1.54. The van der Waals surface area contributed by atoms with Crippen molar-refractivity contribution in [3.05, 3.63) is 47.7 Å². The van der Waals surface area contributed by atoms with E-state index in [1.54, 1.807) is 12.1 Å². The first kappa shape index (κ1) is 16.1. The van der Waals surface area contributed by atoms with Crippen LogP contribution in [0.5, 0.6) is 0 Å². The molecule has 1 amide bonds. The number of anilines is 1. The second-order valence-electron chi connectivity index (χ2n) is 5.24. The maximum Gasteiger partial charge on any atom is 0.234 e. The third-order valence-corrected chi connectivity index (χ3v) is 4.56. The standard InChI is InChI=1S/C16H17N5O2S/c1-10-5-3-6-12(11(10)2)18-14(22)9-24-16-20-19-15(21(16)17)13-7-4-8-23-13/h3-8H,9,17H2,1-2H3,(H,18,22). The monoisotopic (exact) mass is 343 g/mol. The molecule has 124 valence electrons. The van der Waals surface area contributed by atoms with Crippen LogP contribution in [-0.4, -0.2) is 26.5 Å². The highest BCUT2D eigenvalue weighted by molar-refractivity contribution is 7.99. The first-order valence-corrected chi connectivity index (χ1v) is 8.28. The van der Waals surface area contributed by atoms with E-state index < -0.39 is 0 Å². The van der Waals surface area contributed by atoms with Gasteiger partial charge in [0.1, 0.15) is 0 Å². The van der Waals surface area contributed by atoms with Gasteiger partial charge in [0.25, 0.3) is 0 Å². The number of carbonyl (C=O) groups excluding carboxylic acids is 1. The van der Waals surface area contributed by atoms with Crippen molar-refractivity contribution in [2.45, 2.75) is 19.0 Å². The second-order valence-corrected chi connectivity index (χ2v) is 6.18. The minimum absolute atomic E-state index is 0.128. The van der Waals surface area contributed by atoms with Crippen molar-refractivity contribution in [3.63, 3.8) is 0 Å². The zero-order valence-corrected chi connectivity index (χ0v) is 14.1. The van der Waals surface area contributed by atoms with Gasteiger partial charge in [0.2, 0.25) is 16.9 Å². The molecule has 2 heterocycles. The SMILES string of the molecule is Cc1cccc(NC(=O)CSc2nnc(-c3ccco3)n2N)c1C. The number of nitrogens with two attached hydrogens (primary N) is 1. The number of hydrogen-bond acceptors (Lipinski definition) is 6. The smallest absolute Gasteiger partial charge is 0.234 e. The third-order valence-electron chi connectivity index (χ3n) is 3.62. The largest absolute Gasteiger partial charge is 0.461 e. The van der Waals surface area contributed by atoms with Gasteiger partial charge in [0.05, 0.1) is 12.0 Å². The van der Waals surface area contributed by atoms with Crippen molar-refractivity contribution < 1.29 is 9.21 Å². The first-order chi connectivity index (χ1) is 11.6. The van der Waals surface area contributed by atoms with Crippen LogP contribution in [0.3, 0.4) is 0 Å². The van der Waals surface area contributed by atoms with Crippen LogP contribution in [0, 0.1) is 13.8 Å². The maximum atomic E-state index is 12.1. The van der Waals surface area contributed by atoms with E-state index in [2.05, 4.69) is 15.5 Å². The molecule has 3 N–H and O–H groups in total. The molecular formula is C16H17N5O2S. The molecule has 3 aromatic rings. The molecule has 0 saturated heterocycles. The summed E-state index contributed by atoms with van der Waals surface area (Å²) in [5, 5.41) is 11.3. The number of nitrogens with one attached hydrogen (secondary N) is 1. The lowest BCUT2D eigenvalue weighted by Crippen LogP contribution is -2.17. The molecule has 3 rings (SSSR count). The van der Waals surface area contributed by atoms with Crippen LogP contribution >= 0.6 is 11.8 Å². The quantitative estimate of drug-likeness (QED) is 0.546. The van der Waals surface area contributed by atoms with E-state index in [1.165, 1.54) is 22.7 Å². The lowest BCUT2D eigenvalue weighted by molar-refractivity contribution is -0.113. The summed E-state index contributed by atoms with van der Waals surface area (Å²) in [7, 11) is 0. The van der Waals surface area contributed by atoms with Crippen LogP contribution in [0.25, 0.3) is 11.6 Å². The van der Waals surface area contributed by atoms with Gasteiger partial charge in [-0.15, -0.1) is 10.2 Å². The number of benzene rings is 1. The number of hydrogen-bond donors (Lipinski definition) is 2. The molecule has 0 spiro atoms. The van der Waals surface area contributed by atoms with Gasteiger partial charge in [-0.2, -0.15) is 0 Å². The number of aromatic nitrogens is 3. The van der Waals surface area contributed by atoms with Gasteiger partial charge in [-0.3, -0.25) is 4.79 Å². The summed E-state index contributed by atoms with van der Waals surface area (Å²) in [5.74, 6) is 6.95. The van der Waals surface area contributed by atoms with Crippen molar-refractivity contribution in [3.8, 4) is 11.6 Å². The molecule has 2 aromatic heterocycles. The predicted octanol–water partition coefficient (Wildman–Crippen LogP) is 2.60. The Morgan fingerprint density at radius 2 is 2.12 bits per heavy atom. The van der Waals surface area contributed by atoms with E-state index in [4.69, 9.17) is 10.3 Å². The Balaban J connectivity index is 1.64. The van der Waals surface area contributed by atoms with Gasteiger partial charge >= 0.3 is 0 Å². The van der Waals surface area contributed by atoms with E-state index in [-0.39, 0.29) is 11.7 Å². The van der Waals surface area contributed by atoms with E-state index in [0.29, 0.717) is 16.7 Å². The fraction of sp³-hybridized carbons (Fsp3) is 0.188. The van der Waals surface area contributed by atoms with Gasteiger partial charge in [-0.25, -0.2) is 4.68 Å². The number of thioether (sulfide) groups is 1. The van der Waals surface area contributed by atoms with E-state index in [1.807, 2.05) is 32.0 Å². The Bertz CT molecular complexity index is 857. The Hall–Kier alpha value is -2.74. The molecule has 8 heteroatoms. The maximum absolute atomic E-state index is 12.1. The van der Waals surface area contributed by atoms with Crippen LogP contribution in [0.2, 0.25) is 0 Å². The molecule has 0 aliphatic heterocycles. The van der Waals surface area contributed by atoms with Gasteiger partial charge < -0.3 is 15.6 Å². The summed E-state index contributed by atoms with van der Waals surface area (Å²) >= 11 is 1.21. The molecule has 0 unspecified atom stereocenters. The van der Waals surface area contributed by atoms with Gasteiger partial charge in [-0.05, 0) is 43.2 Å². The number of furan rings is 1. The second kappa shape index (κ2) is 6.79. The molecule has 0 radical (unpaired) electrons. The van der Waals surface area contributed by atoms with Gasteiger partial charge in [0, 0.05) is 5.69 Å². The Morgan fingerprint density at radius 1 is 1.29 bits per heavy atom. The topological polar surface area (TPSA) is 99.0 Å².